The van der Waals surface area contributed by atoms with E-state index in [1.165, 1.54) is 6.92 Å². The van der Waals surface area contributed by atoms with Crippen LogP contribution in [0.25, 0.3) is 0 Å². The molecule has 0 aliphatic heterocycles. The highest BCUT2D eigenvalue weighted by Crippen LogP contribution is 2.28. The molecule has 2 aromatic rings. The molecule has 3 nitrogen and oxygen atoms in total. The third-order valence-corrected chi connectivity index (χ3v) is 4.16. The molecule has 0 unspecified atom stereocenters. The van der Waals surface area contributed by atoms with Gasteiger partial charge in [-0.1, -0.05) is 0 Å². The molecule has 0 aliphatic carbocycles. The van der Waals surface area contributed by atoms with Gasteiger partial charge in [-0.2, -0.15) is 0 Å². The normalized spacial score (nSPS) is 10.3. The maximum atomic E-state index is 11.6. The molecule has 0 fully saturated rings. The summed E-state index contributed by atoms with van der Waals surface area (Å²) in [5, 5.41) is 0. The number of benzene rings is 1. The molecule has 1 aromatic carbocycles. The van der Waals surface area contributed by atoms with Gasteiger partial charge in [-0.3, -0.25) is 4.79 Å². The number of halogens is 1. The predicted molar refractivity (Wildman–Crippen MR) is 79.3 cm³/mol. The van der Waals surface area contributed by atoms with Crippen LogP contribution in [0.3, 0.4) is 0 Å². The molecule has 0 saturated heterocycles. The predicted octanol–water partition coefficient (Wildman–Crippen LogP) is 4.30. The van der Waals surface area contributed by atoms with Crippen LogP contribution in [0.15, 0.2) is 34.1 Å². The van der Waals surface area contributed by atoms with E-state index in [2.05, 4.69) is 15.9 Å². The van der Waals surface area contributed by atoms with Gasteiger partial charge in [-0.25, -0.2) is 0 Å². The number of thiophene rings is 1. The van der Waals surface area contributed by atoms with Crippen LogP contribution < -0.4 is 9.47 Å². The molecule has 0 atom stereocenters. The molecule has 19 heavy (non-hydrogen) atoms. The molecular formula is C14H13BrO3S. The molecular weight excluding hydrogens is 328 g/mol. The van der Waals surface area contributed by atoms with E-state index in [4.69, 9.17) is 9.47 Å². The number of methoxy groups -OCH3 is 1. The Hall–Kier alpha value is -1.33. The number of hydrogen-bond acceptors (Lipinski definition) is 4. The summed E-state index contributed by atoms with van der Waals surface area (Å²) in [5.41, 5.74) is 0.566. The lowest BCUT2D eigenvalue weighted by Crippen LogP contribution is -2.01. The van der Waals surface area contributed by atoms with Crippen LogP contribution in [0.5, 0.6) is 11.5 Å². The number of ether oxygens (including phenoxy) is 2. The van der Waals surface area contributed by atoms with Gasteiger partial charge in [0.1, 0.15) is 18.1 Å². The Bertz CT molecular complexity index is 592. The molecule has 0 aliphatic rings. The molecule has 100 valence electrons. The first-order valence-corrected chi connectivity index (χ1v) is 7.27. The number of hydrogen-bond donors (Lipinski definition) is 0. The van der Waals surface area contributed by atoms with Gasteiger partial charge in [0, 0.05) is 10.9 Å². The van der Waals surface area contributed by atoms with Crippen molar-refractivity contribution in [2.45, 2.75) is 13.5 Å². The van der Waals surface area contributed by atoms with Crippen LogP contribution in [-0.2, 0) is 6.61 Å². The Balaban J connectivity index is 2.19. The van der Waals surface area contributed by atoms with Crippen LogP contribution in [-0.4, -0.2) is 12.9 Å². The fourth-order valence-electron chi connectivity index (χ4n) is 1.62. The maximum Gasteiger partial charge on any atom is 0.163 e. The van der Waals surface area contributed by atoms with Gasteiger partial charge in [0.2, 0.25) is 0 Å². The summed E-state index contributed by atoms with van der Waals surface area (Å²) in [6.45, 7) is 1.96. The SMILES string of the molecule is COc1ccc(C(C)=O)c(OCc2ccc(Br)s2)c1. The summed E-state index contributed by atoms with van der Waals surface area (Å²) in [5.74, 6) is 1.20. The van der Waals surface area contributed by atoms with E-state index in [0.29, 0.717) is 23.7 Å². The minimum Gasteiger partial charge on any atom is -0.497 e. The van der Waals surface area contributed by atoms with Crippen LogP contribution >= 0.6 is 27.3 Å². The first-order valence-electron chi connectivity index (χ1n) is 5.66. The van der Waals surface area contributed by atoms with Crippen molar-refractivity contribution in [3.63, 3.8) is 0 Å². The van der Waals surface area contributed by atoms with E-state index in [1.807, 2.05) is 12.1 Å². The third-order valence-electron chi connectivity index (χ3n) is 2.57. The smallest absolute Gasteiger partial charge is 0.163 e. The van der Waals surface area contributed by atoms with Crippen molar-refractivity contribution in [2.24, 2.45) is 0 Å². The number of carbonyl (C=O) groups is 1. The summed E-state index contributed by atoms with van der Waals surface area (Å²) in [6, 6.07) is 9.18. The van der Waals surface area contributed by atoms with Crippen molar-refractivity contribution in [3.8, 4) is 11.5 Å². The lowest BCUT2D eigenvalue weighted by molar-refractivity contribution is 0.101. The van der Waals surface area contributed by atoms with Crippen LogP contribution in [0.2, 0.25) is 0 Å². The van der Waals surface area contributed by atoms with E-state index in [-0.39, 0.29) is 5.78 Å². The van der Waals surface area contributed by atoms with Crippen LogP contribution in [0.4, 0.5) is 0 Å². The van der Waals surface area contributed by atoms with E-state index in [1.54, 1.807) is 36.6 Å². The second kappa shape index (κ2) is 6.21. The van der Waals surface area contributed by atoms with E-state index in [9.17, 15) is 4.79 Å². The van der Waals surface area contributed by atoms with Gasteiger partial charge in [0.15, 0.2) is 5.78 Å². The zero-order chi connectivity index (χ0) is 13.8. The van der Waals surface area contributed by atoms with E-state index < -0.39 is 0 Å². The Labute approximate surface area is 124 Å². The largest absolute Gasteiger partial charge is 0.497 e. The van der Waals surface area contributed by atoms with Gasteiger partial charge in [-0.05, 0) is 47.1 Å². The number of ketones is 1. The van der Waals surface area contributed by atoms with Gasteiger partial charge in [0.05, 0.1) is 16.5 Å². The highest BCUT2D eigenvalue weighted by Gasteiger charge is 2.10. The highest BCUT2D eigenvalue weighted by molar-refractivity contribution is 9.11. The zero-order valence-corrected chi connectivity index (χ0v) is 13.0. The minimum atomic E-state index is -0.0231. The average molecular weight is 341 g/mol. The topological polar surface area (TPSA) is 35.5 Å². The third kappa shape index (κ3) is 3.58. The molecule has 0 bridgehead atoms. The maximum absolute atomic E-state index is 11.6. The van der Waals surface area contributed by atoms with Crippen molar-refractivity contribution in [1.82, 2.24) is 0 Å². The number of rotatable bonds is 5. The van der Waals surface area contributed by atoms with Crippen molar-refractivity contribution in [3.05, 3.63) is 44.6 Å². The molecule has 1 heterocycles. The molecule has 0 N–H and O–H groups in total. The highest BCUT2D eigenvalue weighted by atomic mass is 79.9. The molecule has 2 rings (SSSR count). The summed E-state index contributed by atoms with van der Waals surface area (Å²) < 4.78 is 11.9. The van der Waals surface area contributed by atoms with Gasteiger partial charge >= 0.3 is 0 Å². The number of Topliss-reactive ketones (excluding diaryl/α,β-unsaturated/α-hetero) is 1. The summed E-state index contributed by atoms with van der Waals surface area (Å²) in [6.07, 6.45) is 0. The standard InChI is InChI=1S/C14H13BrO3S/c1-9(16)12-5-3-10(17-2)7-13(12)18-8-11-4-6-14(15)19-11/h3-7H,8H2,1-2H3. The Morgan fingerprint density at radius 2 is 2.11 bits per heavy atom. The van der Waals surface area contributed by atoms with Crippen molar-refractivity contribution in [1.29, 1.82) is 0 Å². The van der Waals surface area contributed by atoms with Crippen LogP contribution in [0, 0.1) is 0 Å². The van der Waals surface area contributed by atoms with Gasteiger partial charge < -0.3 is 9.47 Å². The van der Waals surface area contributed by atoms with Gasteiger partial charge in [-0.15, -0.1) is 11.3 Å². The second-order valence-electron chi connectivity index (χ2n) is 3.91. The van der Waals surface area contributed by atoms with Gasteiger partial charge in [0.25, 0.3) is 0 Å². The van der Waals surface area contributed by atoms with E-state index in [0.717, 1.165) is 8.66 Å². The Morgan fingerprint density at radius 1 is 1.32 bits per heavy atom. The monoisotopic (exact) mass is 340 g/mol. The Morgan fingerprint density at radius 3 is 2.68 bits per heavy atom. The summed E-state index contributed by atoms with van der Waals surface area (Å²) in [7, 11) is 1.59. The van der Waals surface area contributed by atoms with E-state index >= 15 is 0 Å². The fourth-order valence-corrected chi connectivity index (χ4v) is 3.01. The molecule has 0 amide bonds. The Kier molecular flexibility index (Phi) is 4.61. The second-order valence-corrected chi connectivity index (χ2v) is 6.46. The van der Waals surface area contributed by atoms with Crippen molar-refractivity contribution in [2.75, 3.05) is 7.11 Å². The molecule has 1 aromatic heterocycles. The molecule has 0 saturated carbocycles. The van der Waals surface area contributed by atoms with Crippen LogP contribution in [0.1, 0.15) is 22.2 Å². The summed E-state index contributed by atoms with van der Waals surface area (Å²) in [4.78, 5) is 12.6. The molecule has 0 spiro atoms. The summed E-state index contributed by atoms with van der Waals surface area (Å²) >= 11 is 5.01. The molecule has 0 radical (unpaired) electrons. The first kappa shape index (κ1) is 14.1. The van der Waals surface area contributed by atoms with Crippen molar-refractivity contribution >= 4 is 33.0 Å². The average Bonchev–Trinajstić information content (AvgIpc) is 2.81. The fraction of sp³-hybridized carbons (Fsp3) is 0.214. The quantitative estimate of drug-likeness (QED) is 0.761. The lowest BCUT2D eigenvalue weighted by Gasteiger charge is -2.10. The first-order chi connectivity index (χ1) is 9.10. The zero-order valence-electron chi connectivity index (χ0n) is 10.6. The van der Waals surface area contributed by atoms with Crippen molar-refractivity contribution < 1.29 is 14.3 Å². The minimum absolute atomic E-state index is 0.0231. The number of carbonyl (C=O) groups excluding carboxylic acids is 1. The lowest BCUT2D eigenvalue weighted by atomic mass is 10.1. The molecule has 5 heteroatoms.